The van der Waals surface area contributed by atoms with Gasteiger partial charge in [-0.15, -0.1) is 0 Å². The molecule has 1 aromatic carbocycles. The highest BCUT2D eigenvalue weighted by molar-refractivity contribution is 6.34. The molecule has 1 amide bonds. The number of nitrogens with one attached hydrogen (secondary N) is 1. The van der Waals surface area contributed by atoms with E-state index in [1.54, 1.807) is 14.2 Å². The van der Waals surface area contributed by atoms with Crippen LogP contribution in [-0.4, -0.2) is 22.8 Å². The van der Waals surface area contributed by atoms with Gasteiger partial charge >= 0.3 is 0 Å². The van der Waals surface area contributed by atoms with Crippen LogP contribution in [0.15, 0.2) is 24.3 Å². The zero-order valence-electron chi connectivity index (χ0n) is 12.3. The predicted octanol–water partition coefficient (Wildman–Crippen LogP) is 2.57. The molecule has 0 aliphatic rings. The van der Waals surface area contributed by atoms with Gasteiger partial charge in [0.05, 0.1) is 17.8 Å². The molecule has 0 bridgehead atoms. The Balaban J connectivity index is 2.06. The number of hydrogen-bond acceptors (Lipinski definition) is 3. The highest BCUT2D eigenvalue weighted by atomic mass is 35.5. The Morgan fingerprint density at radius 1 is 1.38 bits per heavy atom. The van der Waals surface area contributed by atoms with Crippen molar-refractivity contribution in [2.45, 2.75) is 19.9 Å². The molecule has 2 rings (SSSR count). The topological polar surface area (TPSA) is 56.2 Å². The molecule has 112 valence electrons. The van der Waals surface area contributed by atoms with Gasteiger partial charge in [0.2, 0.25) is 0 Å². The number of methoxy groups -OCH3 is 1. The van der Waals surface area contributed by atoms with E-state index in [4.69, 9.17) is 16.3 Å². The van der Waals surface area contributed by atoms with Crippen LogP contribution >= 0.6 is 11.6 Å². The van der Waals surface area contributed by atoms with Gasteiger partial charge in [-0.2, -0.15) is 5.10 Å². The molecule has 0 aliphatic carbocycles. The summed E-state index contributed by atoms with van der Waals surface area (Å²) in [6.07, 6.45) is 0.693. The van der Waals surface area contributed by atoms with Crippen LogP contribution < -0.4 is 10.1 Å². The summed E-state index contributed by atoms with van der Waals surface area (Å²) in [5.74, 6) is 0.554. The molecule has 0 aliphatic heterocycles. The van der Waals surface area contributed by atoms with Crippen LogP contribution in [0.3, 0.4) is 0 Å². The van der Waals surface area contributed by atoms with Crippen LogP contribution in [-0.2, 0) is 20.0 Å². The van der Waals surface area contributed by atoms with Crippen molar-refractivity contribution < 1.29 is 9.53 Å². The fraction of sp³-hybridized carbons (Fsp3) is 0.333. The largest absolute Gasteiger partial charge is 0.497 e. The maximum atomic E-state index is 12.2. The van der Waals surface area contributed by atoms with Gasteiger partial charge in [-0.05, 0) is 24.1 Å². The van der Waals surface area contributed by atoms with Gasteiger partial charge in [0.1, 0.15) is 11.4 Å². The van der Waals surface area contributed by atoms with Gasteiger partial charge in [-0.25, -0.2) is 0 Å². The van der Waals surface area contributed by atoms with Gasteiger partial charge in [0.25, 0.3) is 5.91 Å². The molecule has 0 fully saturated rings. The van der Waals surface area contributed by atoms with Crippen molar-refractivity contribution >= 4 is 17.5 Å². The molecule has 0 spiro atoms. The van der Waals surface area contributed by atoms with Gasteiger partial charge in [-0.1, -0.05) is 30.7 Å². The number of aryl methyl sites for hydroxylation is 2. The fourth-order valence-corrected chi connectivity index (χ4v) is 2.42. The maximum Gasteiger partial charge on any atom is 0.271 e. The monoisotopic (exact) mass is 307 g/mol. The first-order chi connectivity index (χ1) is 10.1. The molecule has 2 aromatic rings. The standard InChI is InChI=1S/C15H18ClN3O2/c1-4-12-13(16)14(19(2)18-12)15(20)17-9-10-5-7-11(21-3)8-6-10/h5-8H,4,9H2,1-3H3,(H,17,20). The zero-order valence-corrected chi connectivity index (χ0v) is 13.1. The van der Waals surface area contributed by atoms with Gasteiger partial charge in [-0.3, -0.25) is 9.48 Å². The number of aromatic nitrogens is 2. The molecule has 5 nitrogen and oxygen atoms in total. The van der Waals surface area contributed by atoms with E-state index in [0.29, 0.717) is 23.7 Å². The molecule has 1 heterocycles. The van der Waals surface area contributed by atoms with Gasteiger partial charge in [0.15, 0.2) is 0 Å². The Morgan fingerprint density at radius 3 is 2.57 bits per heavy atom. The van der Waals surface area contributed by atoms with E-state index < -0.39 is 0 Å². The number of ether oxygens (including phenoxy) is 1. The third kappa shape index (κ3) is 3.36. The van der Waals surface area contributed by atoms with Crippen LogP contribution in [0.4, 0.5) is 0 Å². The first kappa shape index (κ1) is 15.4. The number of carbonyl (C=O) groups is 1. The Bertz CT molecular complexity index is 635. The first-order valence-corrected chi connectivity index (χ1v) is 7.07. The average Bonchev–Trinajstić information content (AvgIpc) is 2.79. The number of rotatable bonds is 5. The predicted molar refractivity (Wildman–Crippen MR) is 81.8 cm³/mol. The molecular formula is C15H18ClN3O2. The third-order valence-corrected chi connectivity index (χ3v) is 3.61. The van der Waals surface area contributed by atoms with Crippen molar-refractivity contribution in [2.75, 3.05) is 7.11 Å². The number of hydrogen-bond donors (Lipinski definition) is 1. The van der Waals surface area contributed by atoms with Crippen LogP contribution in [0, 0.1) is 0 Å². The second-order valence-corrected chi connectivity index (χ2v) is 5.00. The molecule has 0 radical (unpaired) electrons. The lowest BCUT2D eigenvalue weighted by Crippen LogP contribution is -2.25. The fourth-order valence-electron chi connectivity index (χ4n) is 2.04. The zero-order chi connectivity index (χ0) is 15.4. The minimum absolute atomic E-state index is 0.231. The summed E-state index contributed by atoms with van der Waals surface area (Å²) >= 11 is 6.19. The molecule has 0 saturated heterocycles. The van der Waals surface area contributed by atoms with Crippen molar-refractivity contribution in [3.8, 4) is 5.75 Å². The molecule has 6 heteroatoms. The van der Waals surface area contributed by atoms with E-state index in [1.807, 2.05) is 31.2 Å². The Hall–Kier alpha value is -2.01. The van der Waals surface area contributed by atoms with E-state index in [1.165, 1.54) is 4.68 Å². The molecule has 1 N–H and O–H groups in total. The molecule has 1 aromatic heterocycles. The summed E-state index contributed by atoms with van der Waals surface area (Å²) in [6, 6.07) is 7.52. The molecule has 0 unspecified atom stereocenters. The van der Waals surface area contributed by atoms with E-state index in [9.17, 15) is 4.79 Å². The second-order valence-electron chi connectivity index (χ2n) is 4.62. The first-order valence-electron chi connectivity index (χ1n) is 6.69. The number of benzene rings is 1. The van der Waals surface area contributed by atoms with Gasteiger partial charge in [0, 0.05) is 13.6 Å². The third-order valence-electron chi connectivity index (χ3n) is 3.22. The lowest BCUT2D eigenvalue weighted by atomic mass is 10.2. The SMILES string of the molecule is CCc1nn(C)c(C(=O)NCc2ccc(OC)cc2)c1Cl. The maximum absolute atomic E-state index is 12.2. The lowest BCUT2D eigenvalue weighted by Gasteiger charge is -2.07. The van der Waals surface area contributed by atoms with E-state index >= 15 is 0 Å². The van der Waals surface area contributed by atoms with Crippen LogP contribution in [0.1, 0.15) is 28.7 Å². The summed E-state index contributed by atoms with van der Waals surface area (Å²) < 4.78 is 6.61. The molecule has 0 atom stereocenters. The second kappa shape index (κ2) is 6.63. The Morgan fingerprint density at radius 2 is 2.05 bits per heavy atom. The van der Waals surface area contributed by atoms with Gasteiger partial charge < -0.3 is 10.1 Å². The Labute approximate surface area is 128 Å². The van der Waals surface area contributed by atoms with Crippen LogP contribution in [0.25, 0.3) is 0 Å². The minimum Gasteiger partial charge on any atom is -0.497 e. The quantitative estimate of drug-likeness (QED) is 0.923. The Kier molecular flexibility index (Phi) is 4.85. The summed E-state index contributed by atoms with van der Waals surface area (Å²) in [5.41, 5.74) is 2.11. The summed E-state index contributed by atoms with van der Waals surface area (Å²) in [4.78, 5) is 12.2. The number of halogens is 1. The smallest absolute Gasteiger partial charge is 0.271 e. The number of amides is 1. The minimum atomic E-state index is -0.231. The number of carbonyl (C=O) groups excluding carboxylic acids is 1. The van der Waals surface area contributed by atoms with Crippen molar-refractivity contribution in [2.24, 2.45) is 7.05 Å². The highest BCUT2D eigenvalue weighted by Gasteiger charge is 2.19. The molecular weight excluding hydrogens is 290 g/mol. The van der Waals surface area contributed by atoms with E-state index in [0.717, 1.165) is 17.0 Å². The van der Waals surface area contributed by atoms with Crippen LogP contribution in [0.5, 0.6) is 5.75 Å². The van der Waals surface area contributed by atoms with Crippen molar-refractivity contribution in [3.05, 3.63) is 46.2 Å². The van der Waals surface area contributed by atoms with E-state index in [-0.39, 0.29) is 5.91 Å². The summed E-state index contributed by atoms with van der Waals surface area (Å²) in [5, 5.41) is 7.50. The number of nitrogens with zero attached hydrogens (tertiary/aromatic N) is 2. The van der Waals surface area contributed by atoms with Crippen molar-refractivity contribution in [1.29, 1.82) is 0 Å². The van der Waals surface area contributed by atoms with E-state index in [2.05, 4.69) is 10.4 Å². The van der Waals surface area contributed by atoms with Crippen molar-refractivity contribution in [1.82, 2.24) is 15.1 Å². The molecule has 21 heavy (non-hydrogen) atoms. The normalized spacial score (nSPS) is 10.5. The summed E-state index contributed by atoms with van der Waals surface area (Å²) in [7, 11) is 3.33. The molecule has 0 saturated carbocycles. The van der Waals surface area contributed by atoms with Crippen LogP contribution in [0.2, 0.25) is 5.02 Å². The summed E-state index contributed by atoms with van der Waals surface area (Å²) in [6.45, 7) is 2.37. The average molecular weight is 308 g/mol. The lowest BCUT2D eigenvalue weighted by molar-refractivity contribution is 0.0941. The van der Waals surface area contributed by atoms with Crippen molar-refractivity contribution in [3.63, 3.8) is 0 Å². The highest BCUT2D eigenvalue weighted by Crippen LogP contribution is 2.20.